The first-order valence-electron chi connectivity index (χ1n) is 7.53. The molecule has 1 saturated heterocycles. The van der Waals surface area contributed by atoms with E-state index in [9.17, 15) is 13.2 Å². The minimum absolute atomic E-state index is 0.202. The molecule has 2 rings (SSSR count). The highest BCUT2D eigenvalue weighted by Crippen LogP contribution is 2.40. The quantitative estimate of drug-likeness (QED) is 0.911. The average Bonchev–Trinajstić information content (AvgIpc) is 2.81. The number of rotatable bonds is 4. The zero-order valence-corrected chi connectivity index (χ0v) is 12.5. The number of halogens is 3. The van der Waals surface area contributed by atoms with E-state index < -0.39 is 11.7 Å². The molecule has 118 valence electrons. The van der Waals surface area contributed by atoms with Gasteiger partial charge in [-0.2, -0.15) is 13.2 Å². The minimum atomic E-state index is -4.34. The van der Waals surface area contributed by atoms with Crippen molar-refractivity contribution in [2.24, 2.45) is 5.73 Å². The number of alkyl halides is 3. The van der Waals surface area contributed by atoms with Gasteiger partial charge >= 0.3 is 6.18 Å². The number of nitrogens with two attached hydrogens (primary N) is 1. The van der Waals surface area contributed by atoms with Crippen LogP contribution < -0.4 is 5.73 Å². The molecule has 2 N–H and O–H groups in total. The van der Waals surface area contributed by atoms with Gasteiger partial charge in [0.1, 0.15) is 0 Å². The lowest BCUT2D eigenvalue weighted by Gasteiger charge is -2.36. The van der Waals surface area contributed by atoms with Gasteiger partial charge in [0.05, 0.1) is 5.56 Å². The Morgan fingerprint density at radius 3 is 2.52 bits per heavy atom. The third kappa shape index (κ3) is 3.24. The molecule has 1 heterocycles. The fraction of sp³-hybridized carbons (Fsp3) is 0.625. The van der Waals surface area contributed by atoms with Crippen molar-refractivity contribution in [2.45, 2.75) is 57.4 Å². The van der Waals surface area contributed by atoms with Crippen LogP contribution in [-0.4, -0.2) is 23.5 Å². The second-order valence-corrected chi connectivity index (χ2v) is 5.77. The van der Waals surface area contributed by atoms with Crippen LogP contribution in [0, 0.1) is 0 Å². The van der Waals surface area contributed by atoms with Gasteiger partial charge in [0.2, 0.25) is 0 Å². The minimum Gasteiger partial charge on any atom is -0.329 e. The predicted molar refractivity (Wildman–Crippen MR) is 77.9 cm³/mol. The van der Waals surface area contributed by atoms with E-state index in [0.29, 0.717) is 11.6 Å². The SMILES string of the molecule is CCC1CCC(C)N1C(CN)c1ccccc1C(F)(F)F. The molecule has 1 aliphatic heterocycles. The van der Waals surface area contributed by atoms with Crippen LogP contribution in [0.2, 0.25) is 0 Å². The average molecular weight is 300 g/mol. The molecular weight excluding hydrogens is 277 g/mol. The summed E-state index contributed by atoms with van der Waals surface area (Å²) in [5.74, 6) is 0. The summed E-state index contributed by atoms with van der Waals surface area (Å²) in [6, 6.07) is 6.03. The maximum absolute atomic E-state index is 13.2. The van der Waals surface area contributed by atoms with Crippen LogP contribution in [0.5, 0.6) is 0 Å². The van der Waals surface area contributed by atoms with E-state index in [1.807, 2.05) is 0 Å². The molecule has 0 saturated carbocycles. The molecular formula is C16H23F3N2. The second kappa shape index (κ2) is 6.36. The molecule has 0 aromatic heterocycles. The summed E-state index contributed by atoms with van der Waals surface area (Å²) in [5, 5.41) is 0. The first-order valence-corrected chi connectivity index (χ1v) is 7.53. The number of likely N-dealkylation sites (tertiary alicyclic amines) is 1. The van der Waals surface area contributed by atoms with E-state index in [4.69, 9.17) is 5.73 Å². The molecule has 1 aliphatic rings. The van der Waals surface area contributed by atoms with Crippen LogP contribution in [0.4, 0.5) is 13.2 Å². The number of hydrogen-bond acceptors (Lipinski definition) is 2. The summed E-state index contributed by atoms with van der Waals surface area (Å²) in [4.78, 5) is 2.19. The van der Waals surface area contributed by atoms with Crippen molar-refractivity contribution in [3.63, 3.8) is 0 Å². The van der Waals surface area contributed by atoms with Gasteiger partial charge in [-0.3, -0.25) is 4.90 Å². The molecule has 1 aromatic carbocycles. The van der Waals surface area contributed by atoms with E-state index >= 15 is 0 Å². The monoisotopic (exact) mass is 300 g/mol. The molecule has 0 bridgehead atoms. The summed E-state index contributed by atoms with van der Waals surface area (Å²) in [7, 11) is 0. The lowest BCUT2D eigenvalue weighted by Crippen LogP contribution is -2.41. The van der Waals surface area contributed by atoms with Crippen molar-refractivity contribution in [3.8, 4) is 0 Å². The maximum atomic E-state index is 13.2. The molecule has 5 heteroatoms. The van der Waals surface area contributed by atoms with Gasteiger partial charge in [0.25, 0.3) is 0 Å². The third-order valence-corrected chi connectivity index (χ3v) is 4.53. The number of nitrogens with zero attached hydrogens (tertiary/aromatic N) is 1. The van der Waals surface area contributed by atoms with Crippen molar-refractivity contribution < 1.29 is 13.2 Å². The van der Waals surface area contributed by atoms with Crippen LogP contribution >= 0.6 is 0 Å². The van der Waals surface area contributed by atoms with Crippen molar-refractivity contribution in [1.82, 2.24) is 4.90 Å². The summed E-state index contributed by atoms with van der Waals surface area (Å²) >= 11 is 0. The van der Waals surface area contributed by atoms with Crippen LogP contribution in [-0.2, 0) is 6.18 Å². The molecule has 3 unspecified atom stereocenters. The van der Waals surface area contributed by atoms with E-state index in [1.165, 1.54) is 6.07 Å². The summed E-state index contributed by atoms with van der Waals surface area (Å²) in [6.45, 7) is 4.36. The molecule has 1 fully saturated rings. The first kappa shape index (κ1) is 16.3. The third-order valence-electron chi connectivity index (χ3n) is 4.53. The lowest BCUT2D eigenvalue weighted by atomic mass is 9.97. The van der Waals surface area contributed by atoms with E-state index in [1.54, 1.807) is 12.1 Å². The van der Waals surface area contributed by atoms with Gasteiger partial charge in [-0.05, 0) is 37.8 Å². The Hall–Kier alpha value is -1.07. The fourth-order valence-electron chi connectivity index (χ4n) is 3.52. The molecule has 0 aliphatic carbocycles. The first-order chi connectivity index (χ1) is 9.90. The molecule has 21 heavy (non-hydrogen) atoms. The van der Waals surface area contributed by atoms with Crippen LogP contribution in [0.3, 0.4) is 0 Å². The summed E-state index contributed by atoms with van der Waals surface area (Å²) < 4.78 is 39.7. The van der Waals surface area contributed by atoms with Crippen LogP contribution in [0.1, 0.15) is 50.3 Å². The van der Waals surface area contributed by atoms with Crippen LogP contribution in [0.15, 0.2) is 24.3 Å². The summed E-state index contributed by atoms with van der Waals surface area (Å²) in [6.07, 6.45) is -1.35. The van der Waals surface area contributed by atoms with Crippen molar-refractivity contribution >= 4 is 0 Å². The lowest BCUT2D eigenvalue weighted by molar-refractivity contribution is -0.138. The molecule has 3 atom stereocenters. The highest BCUT2D eigenvalue weighted by atomic mass is 19.4. The van der Waals surface area contributed by atoms with Gasteiger partial charge in [-0.15, -0.1) is 0 Å². The Bertz CT molecular complexity index is 473. The number of hydrogen-bond donors (Lipinski definition) is 1. The second-order valence-electron chi connectivity index (χ2n) is 5.77. The van der Waals surface area contributed by atoms with E-state index in [0.717, 1.165) is 25.3 Å². The number of benzene rings is 1. The zero-order valence-electron chi connectivity index (χ0n) is 12.5. The van der Waals surface area contributed by atoms with Crippen molar-refractivity contribution in [1.29, 1.82) is 0 Å². The maximum Gasteiger partial charge on any atom is 0.416 e. The fourth-order valence-corrected chi connectivity index (χ4v) is 3.52. The van der Waals surface area contributed by atoms with Gasteiger partial charge in [0, 0.05) is 24.7 Å². The van der Waals surface area contributed by atoms with E-state index in [-0.39, 0.29) is 18.6 Å². The smallest absolute Gasteiger partial charge is 0.329 e. The standard InChI is InChI=1S/C16H23F3N2/c1-3-12-9-8-11(2)21(12)15(10-20)13-6-4-5-7-14(13)16(17,18)19/h4-7,11-12,15H,3,8-10,20H2,1-2H3. The van der Waals surface area contributed by atoms with Crippen LogP contribution in [0.25, 0.3) is 0 Å². The van der Waals surface area contributed by atoms with Gasteiger partial charge in [-0.1, -0.05) is 25.1 Å². The predicted octanol–water partition coefficient (Wildman–Crippen LogP) is 3.97. The Balaban J connectivity index is 2.42. The van der Waals surface area contributed by atoms with Crippen molar-refractivity contribution in [2.75, 3.05) is 6.54 Å². The van der Waals surface area contributed by atoms with Crippen molar-refractivity contribution in [3.05, 3.63) is 35.4 Å². The van der Waals surface area contributed by atoms with Gasteiger partial charge in [-0.25, -0.2) is 0 Å². The molecule has 0 amide bonds. The van der Waals surface area contributed by atoms with Gasteiger partial charge in [0.15, 0.2) is 0 Å². The Morgan fingerprint density at radius 1 is 1.29 bits per heavy atom. The van der Waals surface area contributed by atoms with E-state index in [2.05, 4.69) is 18.7 Å². The highest BCUT2D eigenvalue weighted by molar-refractivity contribution is 5.33. The van der Waals surface area contributed by atoms with Gasteiger partial charge < -0.3 is 5.73 Å². The molecule has 0 radical (unpaired) electrons. The largest absolute Gasteiger partial charge is 0.416 e. The Labute approximate surface area is 124 Å². The molecule has 2 nitrogen and oxygen atoms in total. The zero-order chi connectivity index (χ0) is 15.6. The summed E-state index contributed by atoms with van der Waals surface area (Å²) in [5.41, 5.74) is 5.61. The normalized spacial score (nSPS) is 25.2. The molecule has 1 aromatic rings. The Kier molecular flexibility index (Phi) is 4.94. The topological polar surface area (TPSA) is 29.3 Å². The highest BCUT2D eigenvalue weighted by Gasteiger charge is 2.40. The molecule has 0 spiro atoms. The Morgan fingerprint density at radius 2 is 1.95 bits per heavy atom.